The highest BCUT2D eigenvalue weighted by molar-refractivity contribution is 7.47. The predicted molar refractivity (Wildman–Crippen MR) is 377 cm³/mol. The number of unbranched alkanes of at least 4 members (excludes halogenated alkanes) is 39. The first kappa shape index (κ1) is 91.1. The molecule has 93 heavy (non-hydrogen) atoms. The number of esters is 4. The first-order valence-corrected chi connectivity index (χ1v) is 41.4. The molecule has 6 atom stereocenters. The second-order valence-corrected chi connectivity index (χ2v) is 30.8. The van der Waals surface area contributed by atoms with Crippen molar-refractivity contribution < 1.29 is 80.2 Å². The number of carbonyl (C=O) groups excluding carboxylic acids is 4. The molecule has 3 N–H and O–H groups in total. The summed E-state index contributed by atoms with van der Waals surface area (Å²) in [6.45, 7) is 11.9. The van der Waals surface area contributed by atoms with Crippen molar-refractivity contribution in [1.82, 2.24) is 0 Å². The first-order chi connectivity index (χ1) is 44.8. The standard InChI is InChI=1S/C74H144O17P2/c1-8-10-11-12-13-14-15-16-21-27-36-43-50-57-73(78)91-70(62-85-72(77)56-49-42-35-30-29-33-40-47-54-67(7)9-2)64-89-93(82,83)87-60-68(75)59-86-92(80,81)88-63-69(90-74(79)58-51-44-37-28-23-18-20-25-32-39-46-53-66(5)6)61-84-71(76)55-48-41-34-26-22-17-19-24-31-38-45-52-65(3)4/h65-70,75H,8-64H2,1-7H3,(H,80,81)(H,82,83)/t67?,68-,69-,70-/m1/s1. The minimum atomic E-state index is -4.96. The van der Waals surface area contributed by atoms with E-state index in [-0.39, 0.29) is 25.7 Å². The number of phosphoric ester groups is 2. The van der Waals surface area contributed by atoms with Gasteiger partial charge >= 0.3 is 39.5 Å². The highest BCUT2D eigenvalue weighted by atomic mass is 31.2. The van der Waals surface area contributed by atoms with Crippen molar-refractivity contribution in [1.29, 1.82) is 0 Å². The summed E-state index contributed by atoms with van der Waals surface area (Å²) >= 11 is 0. The molecule has 0 rings (SSSR count). The van der Waals surface area contributed by atoms with E-state index in [2.05, 4.69) is 48.5 Å². The zero-order valence-electron chi connectivity index (χ0n) is 60.7. The topological polar surface area (TPSA) is 237 Å². The van der Waals surface area contributed by atoms with Crippen LogP contribution in [0.4, 0.5) is 0 Å². The van der Waals surface area contributed by atoms with Crippen molar-refractivity contribution in [2.75, 3.05) is 39.6 Å². The molecule has 0 saturated heterocycles. The van der Waals surface area contributed by atoms with Gasteiger partial charge in [0.2, 0.25) is 0 Å². The summed E-state index contributed by atoms with van der Waals surface area (Å²) in [4.78, 5) is 72.8. The molecule has 552 valence electrons. The van der Waals surface area contributed by atoms with Gasteiger partial charge in [0, 0.05) is 25.7 Å². The van der Waals surface area contributed by atoms with E-state index in [1.807, 2.05) is 0 Å². The minimum absolute atomic E-state index is 0.106. The van der Waals surface area contributed by atoms with Gasteiger partial charge in [0.15, 0.2) is 12.2 Å². The molecule has 0 saturated carbocycles. The van der Waals surface area contributed by atoms with Gasteiger partial charge in [-0.1, -0.05) is 325 Å². The lowest BCUT2D eigenvalue weighted by atomic mass is 9.99. The van der Waals surface area contributed by atoms with Crippen molar-refractivity contribution in [2.45, 2.75) is 394 Å². The molecule has 0 heterocycles. The van der Waals surface area contributed by atoms with E-state index < -0.39 is 97.5 Å². The number of hydrogen-bond acceptors (Lipinski definition) is 15. The van der Waals surface area contributed by atoms with E-state index in [4.69, 9.17) is 37.0 Å². The SMILES string of the molecule is CCCCCCCCCCCCCCCC(=O)O[C@H](COC(=O)CCCCCCCCCCC(C)CC)COP(=O)(O)OC[C@H](O)COP(=O)(O)OC[C@@H](COC(=O)CCCCCCCCCCCCCC(C)C)OC(=O)CCCCCCCCCCCCCC(C)C. The lowest BCUT2D eigenvalue weighted by molar-refractivity contribution is -0.161. The van der Waals surface area contributed by atoms with Crippen LogP contribution in [-0.2, 0) is 65.4 Å². The van der Waals surface area contributed by atoms with E-state index in [0.29, 0.717) is 25.7 Å². The Hall–Kier alpha value is -1.94. The normalized spacial score (nSPS) is 14.4. The number of phosphoric acid groups is 2. The van der Waals surface area contributed by atoms with Gasteiger partial charge in [-0.3, -0.25) is 37.3 Å². The van der Waals surface area contributed by atoms with E-state index in [1.54, 1.807) is 0 Å². The Morgan fingerprint density at radius 3 is 0.817 bits per heavy atom. The maximum atomic E-state index is 13.1. The van der Waals surface area contributed by atoms with Gasteiger partial charge in [-0.2, -0.15) is 0 Å². The summed E-state index contributed by atoms with van der Waals surface area (Å²) in [5.74, 6) is 0.195. The van der Waals surface area contributed by atoms with Gasteiger partial charge in [0.1, 0.15) is 19.3 Å². The van der Waals surface area contributed by atoms with Crippen molar-refractivity contribution in [3.8, 4) is 0 Å². The summed E-state index contributed by atoms with van der Waals surface area (Å²) in [5.41, 5.74) is 0. The molecule has 0 aromatic carbocycles. The van der Waals surface area contributed by atoms with E-state index in [1.165, 1.54) is 186 Å². The number of carbonyl (C=O) groups is 4. The van der Waals surface area contributed by atoms with E-state index >= 15 is 0 Å². The summed E-state index contributed by atoms with van der Waals surface area (Å²) in [7, 11) is -9.91. The highest BCUT2D eigenvalue weighted by Crippen LogP contribution is 2.45. The molecular weight excluding hydrogens is 1220 g/mol. The van der Waals surface area contributed by atoms with Crippen LogP contribution in [-0.4, -0.2) is 96.7 Å². The molecule has 0 fully saturated rings. The third-order valence-corrected chi connectivity index (χ3v) is 19.4. The molecule has 0 aliphatic rings. The third kappa shape index (κ3) is 67.0. The van der Waals surface area contributed by atoms with Crippen molar-refractivity contribution >= 4 is 39.5 Å². The van der Waals surface area contributed by atoms with E-state index in [9.17, 15) is 43.2 Å². The molecule has 0 amide bonds. The molecule has 0 aliphatic carbocycles. The fourth-order valence-corrected chi connectivity index (χ4v) is 12.8. The van der Waals surface area contributed by atoms with Crippen molar-refractivity contribution in [3.05, 3.63) is 0 Å². The molecule has 0 aromatic heterocycles. The zero-order chi connectivity index (χ0) is 68.7. The maximum absolute atomic E-state index is 13.1. The molecule has 17 nitrogen and oxygen atoms in total. The van der Waals surface area contributed by atoms with Crippen LogP contribution in [0.2, 0.25) is 0 Å². The Labute approximate surface area is 568 Å². The van der Waals surface area contributed by atoms with Crippen LogP contribution in [0.3, 0.4) is 0 Å². The Bertz CT molecular complexity index is 1820. The van der Waals surface area contributed by atoms with Gasteiger partial charge in [-0.05, 0) is 43.4 Å². The summed E-state index contributed by atoms with van der Waals surface area (Å²) in [5, 5.41) is 10.6. The second kappa shape index (κ2) is 64.7. The fraction of sp³-hybridized carbons (Fsp3) is 0.946. The Morgan fingerprint density at radius 1 is 0.312 bits per heavy atom. The van der Waals surface area contributed by atoms with Crippen molar-refractivity contribution in [3.63, 3.8) is 0 Å². The smallest absolute Gasteiger partial charge is 0.462 e. The van der Waals surface area contributed by atoms with Gasteiger partial charge in [-0.15, -0.1) is 0 Å². The minimum Gasteiger partial charge on any atom is -0.462 e. The number of ether oxygens (including phenoxy) is 4. The average Bonchev–Trinajstić information content (AvgIpc) is 1.49. The van der Waals surface area contributed by atoms with Gasteiger partial charge < -0.3 is 33.8 Å². The zero-order valence-corrected chi connectivity index (χ0v) is 62.5. The average molecular weight is 1370 g/mol. The number of aliphatic hydroxyl groups excluding tert-OH is 1. The quantitative estimate of drug-likeness (QED) is 0.0222. The van der Waals surface area contributed by atoms with Gasteiger partial charge in [0.25, 0.3) is 0 Å². The van der Waals surface area contributed by atoms with Crippen LogP contribution in [0.25, 0.3) is 0 Å². The van der Waals surface area contributed by atoms with E-state index in [0.717, 1.165) is 108 Å². The van der Waals surface area contributed by atoms with Crippen LogP contribution < -0.4 is 0 Å². The highest BCUT2D eigenvalue weighted by Gasteiger charge is 2.30. The molecule has 0 radical (unpaired) electrons. The number of hydrogen-bond donors (Lipinski definition) is 3. The molecule has 0 aliphatic heterocycles. The Morgan fingerprint density at radius 2 is 0.548 bits per heavy atom. The largest absolute Gasteiger partial charge is 0.472 e. The van der Waals surface area contributed by atoms with Gasteiger partial charge in [0.05, 0.1) is 26.4 Å². The number of rotatable bonds is 72. The summed E-state index contributed by atoms with van der Waals surface area (Å²) < 4.78 is 68.5. The van der Waals surface area contributed by atoms with Crippen LogP contribution in [0.1, 0.15) is 376 Å². The Balaban J connectivity index is 5.27. The molecule has 0 spiro atoms. The molecule has 3 unspecified atom stereocenters. The molecule has 19 heteroatoms. The lowest BCUT2D eigenvalue weighted by Crippen LogP contribution is -2.30. The summed E-state index contributed by atoms with van der Waals surface area (Å²) in [6.07, 6.45) is 49.7. The van der Waals surface area contributed by atoms with Crippen molar-refractivity contribution in [2.24, 2.45) is 17.8 Å². The maximum Gasteiger partial charge on any atom is 0.472 e. The molecule has 0 bridgehead atoms. The van der Waals surface area contributed by atoms with Crippen LogP contribution in [0, 0.1) is 17.8 Å². The van der Waals surface area contributed by atoms with Crippen LogP contribution >= 0.6 is 15.6 Å². The third-order valence-electron chi connectivity index (χ3n) is 17.5. The molecular formula is C74H144O17P2. The van der Waals surface area contributed by atoms with Gasteiger partial charge in [-0.25, -0.2) is 9.13 Å². The monoisotopic (exact) mass is 1370 g/mol. The first-order valence-electron chi connectivity index (χ1n) is 38.4. The fourth-order valence-electron chi connectivity index (χ4n) is 11.2. The Kier molecular flexibility index (Phi) is 63.4. The second-order valence-electron chi connectivity index (χ2n) is 27.9. The lowest BCUT2D eigenvalue weighted by Gasteiger charge is -2.21. The number of aliphatic hydroxyl groups is 1. The summed E-state index contributed by atoms with van der Waals surface area (Å²) in [6, 6.07) is 0. The van der Waals surface area contributed by atoms with Crippen LogP contribution in [0.15, 0.2) is 0 Å². The molecule has 0 aromatic rings. The predicted octanol–water partition coefficient (Wildman–Crippen LogP) is 21.4. The van der Waals surface area contributed by atoms with Crippen LogP contribution in [0.5, 0.6) is 0 Å².